The van der Waals surface area contributed by atoms with Crippen molar-refractivity contribution < 1.29 is 18.3 Å². The fourth-order valence-corrected chi connectivity index (χ4v) is 2.52. The van der Waals surface area contributed by atoms with Gasteiger partial charge >= 0.3 is 6.03 Å². The Labute approximate surface area is 160 Å². The zero-order valence-electron chi connectivity index (χ0n) is 14.5. The summed E-state index contributed by atoms with van der Waals surface area (Å²) in [6, 6.07) is 10.9. The number of amides is 2. The number of nitrogens with one attached hydrogen (secondary N) is 2. The molecule has 2 aromatic carbocycles. The van der Waals surface area contributed by atoms with Crippen LogP contribution < -0.4 is 15.4 Å². The van der Waals surface area contributed by atoms with E-state index in [-0.39, 0.29) is 5.02 Å². The molecule has 140 valence electrons. The zero-order valence-corrected chi connectivity index (χ0v) is 15.2. The average molecular weight is 390 g/mol. The van der Waals surface area contributed by atoms with Crippen molar-refractivity contribution in [1.29, 1.82) is 0 Å². The molecule has 6 nitrogen and oxygen atoms in total. The van der Waals surface area contributed by atoms with E-state index in [1.54, 1.807) is 13.4 Å². The van der Waals surface area contributed by atoms with Crippen molar-refractivity contribution in [3.05, 3.63) is 65.3 Å². The highest BCUT2D eigenvalue weighted by atomic mass is 35.5. The van der Waals surface area contributed by atoms with Gasteiger partial charge in [-0.15, -0.1) is 0 Å². The first-order valence-electron chi connectivity index (χ1n) is 8.14. The Bertz CT molecular complexity index is 928. The van der Waals surface area contributed by atoms with E-state index >= 15 is 0 Å². The van der Waals surface area contributed by atoms with E-state index in [9.17, 15) is 9.18 Å². The third kappa shape index (κ3) is 4.98. The summed E-state index contributed by atoms with van der Waals surface area (Å²) in [6.07, 6.45) is 2.05. The first-order chi connectivity index (χ1) is 13.0. The van der Waals surface area contributed by atoms with Crippen LogP contribution in [0, 0.1) is 5.82 Å². The van der Waals surface area contributed by atoms with E-state index in [0.29, 0.717) is 30.2 Å². The first-order valence-corrected chi connectivity index (χ1v) is 8.51. The molecule has 1 heterocycles. The Kier molecular flexibility index (Phi) is 5.93. The second-order valence-electron chi connectivity index (χ2n) is 5.63. The Morgan fingerprint density at radius 3 is 2.74 bits per heavy atom. The van der Waals surface area contributed by atoms with Crippen molar-refractivity contribution in [2.24, 2.45) is 0 Å². The SMILES string of the molecule is COc1ccc(-c2nc(CCNC(=O)Nc3ccc(F)c(Cl)c3)co2)cc1. The van der Waals surface area contributed by atoms with Gasteiger partial charge in [-0.3, -0.25) is 0 Å². The summed E-state index contributed by atoms with van der Waals surface area (Å²) in [6.45, 7) is 0.356. The number of methoxy groups -OCH3 is 1. The normalized spacial score (nSPS) is 10.5. The van der Waals surface area contributed by atoms with Gasteiger partial charge in [-0.1, -0.05) is 11.6 Å². The van der Waals surface area contributed by atoms with Gasteiger partial charge in [-0.05, 0) is 42.5 Å². The second kappa shape index (κ2) is 8.55. The predicted octanol–water partition coefficient (Wildman–Crippen LogP) is 4.51. The van der Waals surface area contributed by atoms with Crippen LogP contribution in [0.1, 0.15) is 5.69 Å². The maximum Gasteiger partial charge on any atom is 0.319 e. The van der Waals surface area contributed by atoms with Crippen LogP contribution in [0.3, 0.4) is 0 Å². The van der Waals surface area contributed by atoms with Gasteiger partial charge in [0.25, 0.3) is 0 Å². The first kappa shape index (κ1) is 18.7. The molecule has 0 atom stereocenters. The number of carbonyl (C=O) groups is 1. The van der Waals surface area contributed by atoms with E-state index in [2.05, 4.69) is 15.6 Å². The van der Waals surface area contributed by atoms with E-state index < -0.39 is 11.8 Å². The lowest BCUT2D eigenvalue weighted by Gasteiger charge is -2.07. The fraction of sp³-hybridized carbons (Fsp3) is 0.158. The third-order valence-corrected chi connectivity index (χ3v) is 4.02. The van der Waals surface area contributed by atoms with Crippen molar-refractivity contribution in [1.82, 2.24) is 10.3 Å². The van der Waals surface area contributed by atoms with Gasteiger partial charge in [0.15, 0.2) is 0 Å². The van der Waals surface area contributed by atoms with Crippen molar-refractivity contribution in [3.8, 4) is 17.2 Å². The number of urea groups is 1. The molecular formula is C19H17ClFN3O3. The van der Waals surface area contributed by atoms with Crippen molar-refractivity contribution in [2.45, 2.75) is 6.42 Å². The lowest BCUT2D eigenvalue weighted by molar-refractivity contribution is 0.252. The van der Waals surface area contributed by atoms with Gasteiger partial charge in [-0.2, -0.15) is 0 Å². The molecular weight excluding hydrogens is 373 g/mol. The summed E-state index contributed by atoms with van der Waals surface area (Å²) in [4.78, 5) is 16.3. The molecule has 27 heavy (non-hydrogen) atoms. The molecule has 0 radical (unpaired) electrons. The molecule has 0 bridgehead atoms. The molecule has 0 aliphatic rings. The summed E-state index contributed by atoms with van der Waals surface area (Å²) in [5.41, 5.74) is 1.95. The fourth-order valence-electron chi connectivity index (χ4n) is 2.34. The van der Waals surface area contributed by atoms with Gasteiger partial charge < -0.3 is 19.8 Å². The number of aromatic nitrogens is 1. The standard InChI is InChI=1S/C19H17ClFN3O3/c1-26-15-5-2-12(3-6-15)18-23-14(11-27-18)8-9-22-19(25)24-13-4-7-17(21)16(20)10-13/h2-7,10-11H,8-9H2,1H3,(H2,22,24,25). The van der Waals surface area contributed by atoms with E-state index in [1.807, 2.05) is 24.3 Å². The summed E-state index contributed by atoms with van der Waals surface area (Å²) in [5, 5.41) is 5.22. The molecule has 3 rings (SSSR count). The van der Waals surface area contributed by atoms with Crippen LogP contribution in [0.5, 0.6) is 5.75 Å². The number of nitrogens with zero attached hydrogens (tertiary/aromatic N) is 1. The summed E-state index contributed by atoms with van der Waals surface area (Å²) >= 11 is 5.68. The lowest BCUT2D eigenvalue weighted by Crippen LogP contribution is -2.30. The summed E-state index contributed by atoms with van der Waals surface area (Å²) < 4.78 is 23.7. The molecule has 0 aliphatic heterocycles. The van der Waals surface area contributed by atoms with Crippen LogP contribution in [0.4, 0.5) is 14.9 Å². The number of hydrogen-bond acceptors (Lipinski definition) is 4. The van der Waals surface area contributed by atoms with Crippen molar-refractivity contribution in [2.75, 3.05) is 19.0 Å². The number of benzene rings is 2. The molecule has 0 unspecified atom stereocenters. The minimum atomic E-state index is -0.540. The van der Waals surface area contributed by atoms with Crippen molar-refractivity contribution >= 4 is 23.3 Å². The Hall–Kier alpha value is -3.06. The molecule has 3 aromatic rings. The van der Waals surface area contributed by atoms with Gasteiger partial charge in [0.2, 0.25) is 5.89 Å². The largest absolute Gasteiger partial charge is 0.497 e. The molecule has 2 N–H and O–H groups in total. The van der Waals surface area contributed by atoms with Gasteiger partial charge in [0.05, 0.1) is 17.8 Å². The highest BCUT2D eigenvalue weighted by molar-refractivity contribution is 6.31. The number of oxazole rings is 1. The quantitative estimate of drug-likeness (QED) is 0.650. The minimum absolute atomic E-state index is 0.0542. The molecule has 1 aromatic heterocycles. The number of rotatable bonds is 6. The molecule has 0 saturated heterocycles. The van der Waals surface area contributed by atoms with E-state index in [1.165, 1.54) is 18.2 Å². The van der Waals surface area contributed by atoms with Crippen LogP contribution in [0.25, 0.3) is 11.5 Å². The van der Waals surface area contributed by atoms with E-state index in [0.717, 1.165) is 11.3 Å². The molecule has 8 heteroatoms. The van der Waals surface area contributed by atoms with Crippen LogP contribution >= 0.6 is 11.6 Å². The maximum absolute atomic E-state index is 13.1. The zero-order chi connectivity index (χ0) is 19.2. The topological polar surface area (TPSA) is 76.4 Å². The van der Waals surface area contributed by atoms with E-state index in [4.69, 9.17) is 20.8 Å². The van der Waals surface area contributed by atoms with Crippen LogP contribution in [0.15, 0.2) is 53.1 Å². The van der Waals surface area contributed by atoms with Crippen LogP contribution in [0.2, 0.25) is 5.02 Å². The number of hydrogen-bond donors (Lipinski definition) is 2. The minimum Gasteiger partial charge on any atom is -0.497 e. The van der Waals surface area contributed by atoms with Gasteiger partial charge in [0, 0.05) is 24.2 Å². The highest BCUT2D eigenvalue weighted by Gasteiger charge is 2.08. The highest BCUT2D eigenvalue weighted by Crippen LogP contribution is 2.22. The van der Waals surface area contributed by atoms with Gasteiger partial charge in [0.1, 0.15) is 17.8 Å². The smallest absolute Gasteiger partial charge is 0.319 e. The Morgan fingerprint density at radius 2 is 2.04 bits per heavy atom. The molecule has 0 fully saturated rings. The Balaban J connectivity index is 1.49. The molecule has 0 saturated carbocycles. The predicted molar refractivity (Wildman–Crippen MR) is 101 cm³/mol. The Morgan fingerprint density at radius 1 is 1.26 bits per heavy atom. The number of halogens is 2. The lowest BCUT2D eigenvalue weighted by atomic mass is 10.2. The van der Waals surface area contributed by atoms with Crippen LogP contribution in [-0.2, 0) is 6.42 Å². The summed E-state index contributed by atoms with van der Waals surface area (Å²) in [5.74, 6) is 0.711. The maximum atomic E-state index is 13.1. The van der Waals surface area contributed by atoms with Crippen LogP contribution in [-0.4, -0.2) is 24.7 Å². The summed E-state index contributed by atoms with van der Waals surface area (Å²) in [7, 11) is 1.60. The monoisotopic (exact) mass is 389 g/mol. The van der Waals surface area contributed by atoms with Gasteiger partial charge in [-0.25, -0.2) is 14.2 Å². The second-order valence-corrected chi connectivity index (χ2v) is 6.04. The number of anilines is 1. The third-order valence-electron chi connectivity index (χ3n) is 3.73. The molecule has 0 spiro atoms. The van der Waals surface area contributed by atoms with Crippen molar-refractivity contribution in [3.63, 3.8) is 0 Å². The average Bonchev–Trinajstić information content (AvgIpc) is 3.14. The number of carbonyl (C=O) groups excluding carboxylic acids is 1. The number of ether oxygens (including phenoxy) is 1. The molecule has 0 aliphatic carbocycles. The molecule has 2 amide bonds.